The molecule has 1 N–H and O–H groups in total. The third kappa shape index (κ3) is 13.1. The Morgan fingerprint density at radius 3 is 1.46 bits per heavy atom. The summed E-state index contributed by atoms with van der Waals surface area (Å²) >= 11 is 0. The molecule has 372 valence electrons. The van der Waals surface area contributed by atoms with Gasteiger partial charge in [-0.15, -0.1) is 0 Å². The molecule has 17 nitrogen and oxygen atoms in total. The van der Waals surface area contributed by atoms with Crippen molar-refractivity contribution < 1.29 is 55.1 Å². The highest BCUT2D eigenvalue weighted by Crippen LogP contribution is 2.36. The molecule has 19 heteroatoms. The Bertz CT molecular complexity index is 2270. The van der Waals surface area contributed by atoms with Gasteiger partial charge in [0.25, 0.3) is 13.6 Å². The number of hydrogen-bond acceptors (Lipinski definition) is 14. The number of carbonyl (C=O) groups excluding carboxylic acids is 3. The van der Waals surface area contributed by atoms with Crippen molar-refractivity contribution in [3.05, 3.63) is 58.7 Å². The number of piperidine rings is 2. The average molecular weight is 974 g/mol. The molecule has 0 radical (unpaired) electrons. The van der Waals surface area contributed by atoms with E-state index in [1.807, 2.05) is 48.5 Å². The number of oxime groups is 2. The SMILES string of the molecule is CCC(C)C(C)C(=O)OCON=C1c2cc(S(=O)(=O)N3C[C@H](C)C[C@H](C)C3)ccc2C(=NOCOC(=O)C(NC(=O)OC(C)(C)C)C(C)CC)c2ccc(S(=O)(=O)N3C[C@H](C)C[C@H](C)C3)cc21. The Morgan fingerprint density at radius 1 is 0.657 bits per heavy atom. The van der Waals surface area contributed by atoms with Crippen LogP contribution in [0.1, 0.15) is 131 Å². The largest absolute Gasteiger partial charge is 0.444 e. The van der Waals surface area contributed by atoms with Crippen molar-refractivity contribution in [3.63, 3.8) is 0 Å². The molecule has 2 aromatic carbocycles. The first kappa shape index (κ1) is 53.4. The molecule has 2 heterocycles. The lowest BCUT2D eigenvalue weighted by atomic mass is 9.83. The van der Waals surface area contributed by atoms with Gasteiger partial charge in [0.1, 0.15) is 23.1 Å². The van der Waals surface area contributed by atoms with Crippen LogP contribution in [0, 0.1) is 41.4 Å². The summed E-state index contributed by atoms with van der Waals surface area (Å²) in [6.45, 7) is 22.6. The highest BCUT2D eigenvalue weighted by atomic mass is 32.2. The number of nitrogens with one attached hydrogen (secondary N) is 1. The van der Waals surface area contributed by atoms with E-state index in [0.717, 1.165) is 19.3 Å². The molecular formula is C48H71N5O12S2. The van der Waals surface area contributed by atoms with Crippen molar-refractivity contribution in [2.75, 3.05) is 39.8 Å². The molecule has 2 aliphatic heterocycles. The fourth-order valence-electron chi connectivity index (χ4n) is 8.82. The van der Waals surface area contributed by atoms with E-state index in [4.69, 9.17) is 23.9 Å². The number of alkyl carbamates (subject to hydrolysis) is 1. The molecule has 2 fully saturated rings. The van der Waals surface area contributed by atoms with Gasteiger partial charge in [-0.2, -0.15) is 8.61 Å². The van der Waals surface area contributed by atoms with Crippen LogP contribution >= 0.6 is 0 Å². The first-order valence-electron chi connectivity index (χ1n) is 23.4. The minimum atomic E-state index is -4.06. The Hall–Kier alpha value is -4.59. The van der Waals surface area contributed by atoms with E-state index in [1.165, 1.54) is 32.9 Å². The molecule has 2 saturated heterocycles. The highest BCUT2D eigenvalue weighted by Gasteiger charge is 2.38. The van der Waals surface area contributed by atoms with E-state index >= 15 is 0 Å². The van der Waals surface area contributed by atoms with Crippen molar-refractivity contribution in [3.8, 4) is 0 Å². The zero-order valence-corrected chi connectivity index (χ0v) is 42.8. The molecule has 5 rings (SSSR count). The van der Waals surface area contributed by atoms with Gasteiger partial charge in [0, 0.05) is 48.4 Å². The fourth-order valence-corrected chi connectivity index (χ4v) is 12.2. The van der Waals surface area contributed by atoms with Crippen LogP contribution in [-0.4, -0.2) is 106 Å². The summed E-state index contributed by atoms with van der Waals surface area (Å²) in [6.07, 6.45) is 2.27. The lowest BCUT2D eigenvalue weighted by Gasteiger charge is -2.34. The van der Waals surface area contributed by atoms with E-state index in [9.17, 15) is 31.2 Å². The average Bonchev–Trinajstić information content (AvgIpc) is 3.25. The molecule has 0 bridgehead atoms. The van der Waals surface area contributed by atoms with E-state index in [-0.39, 0.29) is 67.8 Å². The molecule has 3 aliphatic rings. The predicted octanol–water partition coefficient (Wildman–Crippen LogP) is 7.49. The summed E-state index contributed by atoms with van der Waals surface area (Å²) in [5.74, 6) is -1.46. The molecule has 8 atom stereocenters. The number of fused-ring (bicyclic) bond motifs is 2. The van der Waals surface area contributed by atoms with Gasteiger partial charge >= 0.3 is 18.0 Å². The van der Waals surface area contributed by atoms with Crippen molar-refractivity contribution >= 4 is 49.5 Å². The topological polar surface area (TPSA) is 209 Å². The number of amides is 1. The van der Waals surface area contributed by atoms with E-state index in [0.29, 0.717) is 43.7 Å². The number of hydrogen-bond donors (Lipinski definition) is 1. The Balaban J connectivity index is 1.60. The summed E-state index contributed by atoms with van der Waals surface area (Å²) in [5, 5.41) is 11.4. The number of rotatable bonds is 17. The van der Waals surface area contributed by atoms with Gasteiger partial charge in [-0.05, 0) is 93.4 Å². The first-order valence-corrected chi connectivity index (χ1v) is 26.3. The Labute approximate surface area is 397 Å². The lowest BCUT2D eigenvalue weighted by Crippen LogP contribution is -2.47. The van der Waals surface area contributed by atoms with Crippen LogP contribution in [0.25, 0.3) is 0 Å². The molecule has 2 aromatic rings. The van der Waals surface area contributed by atoms with Crippen LogP contribution in [0.15, 0.2) is 56.5 Å². The number of carbonyl (C=O) groups is 3. The first-order chi connectivity index (χ1) is 31.4. The second-order valence-corrected chi connectivity index (χ2v) is 23.8. The Kier molecular flexibility index (Phi) is 17.7. The number of ether oxygens (including phenoxy) is 3. The normalized spacial score (nSPS) is 22.2. The minimum absolute atomic E-state index is 0.0413. The quantitative estimate of drug-likeness (QED) is 0.0459. The lowest BCUT2D eigenvalue weighted by molar-refractivity contribution is -0.162. The maximum absolute atomic E-state index is 14.4. The molecule has 1 amide bonds. The van der Waals surface area contributed by atoms with Gasteiger partial charge in [-0.3, -0.25) is 4.79 Å². The standard InChI is InChI=1S/C48H71N5O12S2/c1-13-33(7)35(9)45(54)61-27-63-51-44-40-21-36(66(57,58)52-23-29(3)19-30(4)24-52)15-17-38(40)43(50-64-28-62-46(55)42(34(8)14-2)49-47(56)65-48(10,11)12)39-18-16-37(22-41(39)44)67(59,60)53-25-31(5)20-32(6)26-53/h15-18,21-22,29-35,42H,13-14,19-20,23-28H2,1-12H3,(H,49,56)/t29-,30+,31-,32+,33?,34?,35?,42?. The summed E-state index contributed by atoms with van der Waals surface area (Å²) in [7, 11) is -8.12. The number of esters is 2. The van der Waals surface area contributed by atoms with Gasteiger partial charge in [0.15, 0.2) is 0 Å². The predicted molar refractivity (Wildman–Crippen MR) is 253 cm³/mol. The third-order valence-corrected chi connectivity index (χ3v) is 16.4. The molecule has 4 unspecified atom stereocenters. The molecule has 0 saturated carbocycles. The maximum atomic E-state index is 14.4. The van der Waals surface area contributed by atoms with Crippen molar-refractivity contribution in [1.82, 2.24) is 13.9 Å². The minimum Gasteiger partial charge on any atom is -0.444 e. The van der Waals surface area contributed by atoms with Crippen LogP contribution in [0.4, 0.5) is 4.79 Å². The third-order valence-electron chi connectivity index (χ3n) is 12.8. The second kappa shape index (κ2) is 22.2. The fraction of sp³-hybridized carbons (Fsp3) is 0.646. The van der Waals surface area contributed by atoms with E-state index in [1.54, 1.807) is 46.8 Å². The number of nitrogens with zero attached hydrogens (tertiary/aromatic N) is 4. The molecular weight excluding hydrogens is 903 g/mol. The van der Waals surface area contributed by atoms with Crippen molar-refractivity contribution in [2.45, 2.75) is 130 Å². The highest BCUT2D eigenvalue weighted by molar-refractivity contribution is 7.89. The van der Waals surface area contributed by atoms with Crippen molar-refractivity contribution in [1.29, 1.82) is 0 Å². The van der Waals surface area contributed by atoms with Gasteiger partial charge in [-0.25, -0.2) is 26.4 Å². The van der Waals surface area contributed by atoms with Crippen LogP contribution in [-0.2, 0) is 53.5 Å². The number of sulfonamides is 2. The van der Waals surface area contributed by atoms with Crippen molar-refractivity contribution in [2.24, 2.45) is 51.7 Å². The van der Waals surface area contributed by atoms with Crippen LogP contribution in [0.5, 0.6) is 0 Å². The number of benzene rings is 2. The van der Waals surface area contributed by atoms with E-state index < -0.39 is 69.2 Å². The van der Waals surface area contributed by atoms with Gasteiger partial charge < -0.3 is 29.2 Å². The summed E-state index contributed by atoms with van der Waals surface area (Å²) < 4.78 is 76.8. The maximum Gasteiger partial charge on any atom is 0.408 e. The monoisotopic (exact) mass is 973 g/mol. The second-order valence-electron chi connectivity index (χ2n) is 19.9. The van der Waals surface area contributed by atoms with Gasteiger partial charge in [-0.1, -0.05) is 97.6 Å². The molecule has 0 aromatic heterocycles. The van der Waals surface area contributed by atoms with E-state index in [2.05, 4.69) is 15.6 Å². The van der Waals surface area contributed by atoms with Gasteiger partial charge in [0.05, 0.1) is 15.7 Å². The van der Waals surface area contributed by atoms with Crippen LogP contribution < -0.4 is 5.32 Å². The smallest absolute Gasteiger partial charge is 0.408 e. The zero-order valence-electron chi connectivity index (χ0n) is 41.2. The molecule has 0 spiro atoms. The summed E-state index contributed by atoms with van der Waals surface area (Å²) in [5.41, 5.74) is 0.480. The zero-order chi connectivity index (χ0) is 49.6. The van der Waals surface area contributed by atoms with Gasteiger partial charge in [0.2, 0.25) is 20.0 Å². The molecule has 1 aliphatic carbocycles. The van der Waals surface area contributed by atoms with Crippen LogP contribution in [0.3, 0.4) is 0 Å². The molecule has 67 heavy (non-hydrogen) atoms. The summed E-state index contributed by atoms with van der Waals surface area (Å²) in [6, 6.07) is 7.87. The van der Waals surface area contributed by atoms with Crippen LogP contribution in [0.2, 0.25) is 0 Å². The Morgan fingerprint density at radius 2 is 1.06 bits per heavy atom. The summed E-state index contributed by atoms with van der Waals surface area (Å²) in [4.78, 5) is 50.2.